The molecule has 0 aromatic carbocycles. The van der Waals surface area contributed by atoms with E-state index in [4.69, 9.17) is 0 Å². The van der Waals surface area contributed by atoms with Crippen LogP contribution >= 0.6 is 0 Å². The van der Waals surface area contributed by atoms with E-state index in [9.17, 15) is 0 Å². The van der Waals surface area contributed by atoms with Gasteiger partial charge in [-0.1, -0.05) is 111 Å². The van der Waals surface area contributed by atoms with Crippen LogP contribution in [0.25, 0.3) is 0 Å². The van der Waals surface area contributed by atoms with Gasteiger partial charge in [-0.05, 0) is 11.8 Å². The van der Waals surface area contributed by atoms with E-state index < -0.39 is 0 Å². The molecule has 0 aliphatic rings. The van der Waals surface area contributed by atoms with Crippen molar-refractivity contribution in [3.63, 3.8) is 0 Å². The van der Waals surface area contributed by atoms with Gasteiger partial charge < -0.3 is 0 Å². The van der Waals surface area contributed by atoms with E-state index in [0.29, 0.717) is 0 Å². The highest BCUT2D eigenvalue weighted by Gasteiger charge is 2.12. The molecule has 0 fully saturated rings. The van der Waals surface area contributed by atoms with Gasteiger partial charge in [-0.15, -0.1) is 0 Å². The summed E-state index contributed by atoms with van der Waals surface area (Å²) in [5, 5.41) is 0. The maximum atomic E-state index is 2.42. The highest BCUT2D eigenvalue weighted by Crippen LogP contribution is 2.25. The fourth-order valence-corrected chi connectivity index (χ4v) is 3.01. The molecule has 0 aliphatic carbocycles. The van der Waals surface area contributed by atoms with Gasteiger partial charge in [0.05, 0.1) is 0 Å². The Bertz CT molecular complexity index is 159. The van der Waals surface area contributed by atoms with Gasteiger partial charge in [0.2, 0.25) is 0 Å². The summed E-state index contributed by atoms with van der Waals surface area (Å²) in [4.78, 5) is 0. The Labute approximate surface area is 123 Å². The van der Waals surface area contributed by atoms with Crippen molar-refractivity contribution in [2.24, 2.45) is 11.8 Å². The predicted octanol–water partition coefficient (Wildman–Crippen LogP) is 7.37. The molecule has 0 heteroatoms. The minimum atomic E-state index is 0.890. The fourth-order valence-electron chi connectivity index (χ4n) is 3.01. The molecule has 0 nitrogen and oxygen atoms in total. The Hall–Kier alpha value is 0. The van der Waals surface area contributed by atoms with Crippen LogP contribution in [0.2, 0.25) is 0 Å². The molecule has 1 unspecified atom stereocenters. The van der Waals surface area contributed by atoms with Crippen molar-refractivity contribution in [1.29, 1.82) is 0 Å². The predicted molar refractivity (Wildman–Crippen MR) is 89.7 cm³/mol. The molecule has 19 heavy (non-hydrogen) atoms. The molecule has 0 saturated heterocycles. The van der Waals surface area contributed by atoms with Crippen LogP contribution in [0.3, 0.4) is 0 Å². The molecular weight excluding hydrogens is 228 g/mol. The first-order chi connectivity index (χ1) is 9.22. The monoisotopic (exact) mass is 268 g/mol. The molecular formula is C19H40. The van der Waals surface area contributed by atoms with Crippen LogP contribution in [0.4, 0.5) is 0 Å². The molecule has 0 saturated carbocycles. The van der Waals surface area contributed by atoms with Crippen LogP contribution in [0.1, 0.15) is 111 Å². The van der Waals surface area contributed by atoms with Gasteiger partial charge in [0.15, 0.2) is 0 Å². The summed E-state index contributed by atoms with van der Waals surface area (Å²) in [7, 11) is 0. The van der Waals surface area contributed by atoms with E-state index in [1.165, 1.54) is 83.5 Å². The van der Waals surface area contributed by atoms with E-state index in [0.717, 1.165) is 11.8 Å². The smallest absolute Gasteiger partial charge is 0.0391 e. The van der Waals surface area contributed by atoms with E-state index in [2.05, 4.69) is 27.7 Å². The van der Waals surface area contributed by atoms with Crippen molar-refractivity contribution < 1.29 is 0 Å². The molecule has 0 aromatic heterocycles. The maximum Gasteiger partial charge on any atom is -0.0391 e. The van der Waals surface area contributed by atoms with Crippen molar-refractivity contribution in [3.8, 4) is 0 Å². The van der Waals surface area contributed by atoms with Gasteiger partial charge in [0, 0.05) is 0 Å². The van der Waals surface area contributed by atoms with Gasteiger partial charge in [-0.25, -0.2) is 0 Å². The van der Waals surface area contributed by atoms with Crippen LogP contribution in [-0.4, -0.2) is 0 Å². The normalized spacial score (nSPS) is 13.1. The maximum absolute atomic E-state index is 2.42. The first kappa shape index (κ1) is 19.0. The Morgan fingerprint density at radius 2 is 0.895 bits per heavy atom. The number of unbranched alkanes of at least 4 members (excludes halogenated alkanes) is 9. The second-order valence-electron chi connectivity index (χ2n) is 6.76. The summed E-state index contributed by atoms with van der Waals surface area (Å²) in [6.45, 7) is 9.45. The zero-order chi connectivity index (χ0) is 14.3. The number of hydrogen-bond acceptors (Lipinski definition) is 0. The summed E-state index contributed by atoms with van der Waals surface area (Å²) in [6, 6.07) is 0. The Morgan fingerprint density at radius 1 is 0.526 bits per heavy atom. The minimum absolute atomic E-state index is 0.890. The number of rotatable bonds is 14. The van der Waals surface area contributed by atoms with Crippen molar-refractivity contribution >= 4 is 0 Å². The lowest BCUT2D eigenvalue weighted by Gasteiger charge is -2.20. The van der Waals surface area contributed by atoms with Gasteiger partial charge in [-0.2, -0.15) is 0 Å². The SMILES string of the molecule is CCCCCCCCCC(CCCCCC)C(C)C. The Kier molecular flexibility index (Phi) is 14.4. The molecule has 116 valence electrons. The molecule has 0 rings (SSSR count). The minimum Gasteiger partial charge on any atom is -0.0654 e. The van der Waals surface area contributed by atoms with Crippen molar-refractivity contribution in [1.82, 2.24) is 0 Å². The standard InChI is InChI=1S/C19H40/c1-5-7-9-11-12-13-15-17-19(18(3)4)16-14-10-8-6-2/h18-19H,5-17H2,1-4H3. The lowest BCUT2D eigenvalue weighted by Crippen LogP contribution is -2.08. The van der Waals surface area contributed by atoms with Crippen LogP contribution in [0, 0.1) is 11.8 Å². The first-order valence-electron chi connectivity index (χ1n) is 9.22. The summed E-state index contributed by atoms with van der Waals surface area (Å²) < 4.78 is 0. The second-order valence-corrected chi connectivity index (χ2v) is 6.76. The molecule has 0 heterocycles. The molecule has 0 spiro atoms. The van der Waals surface area contributed by atoms with E-state index in [1.807, 2.05) is 0 Å². The highest BCUT2D eigenvalue weighted by atomic mass is 14.2. The summed E-state index contributed by atoms with van der Waals surface area (Å²) in [5.41, 5.74) is 0. The van der Waals surface area contributed by atoms with Crippen molar-refractivity contribution in [2.45, 2.75) is 111 Å². The summed E-state index contributed by atoms with van der Waals surface area (Å²) >= 11 is 0. The van der Waals surface area contributed by atoms with Crippen molar-refractivity contribution in [2.75, 3.05) is 0 Å². The van der Waals surface area contributed by atoms with E-state index in [-0.39, 0.29) is 0 Å². The van der Waals surface area contributed by atoms with Gasteiger partial charge in [0.25, 0.3) is 0 Å². The molecule has 0 amide bonds. The molecule has 1 atom stereocenters. The zero-order valence-corrected chi connectivity index (χ0v) is 14.3. The van der Waals surface area contributed by atoms with Gasteiger partial charge in [0.1, 0.15) is 0 Å². The third-order valence-corrected chi connectivity index (χ3v) is 4.55. The lowest BCUT2D eigenvalue weighted by atomic mass is 9.85. The molecule has 0 N–H and O–H groups in total. The van der Waals surface area contributed by atoms with E-state index >= 15 is 0 Å². The molecule has 0 aliphatic heterocycles. The topological polar surface area (TPSA) is 0 Å². The third-order valence-electron chi connectivity index (χ3n) is 4.55. The summed E-state index contributed by atoms with van der Waals surface area (Å²) in [6.07, 6.45) is 18.8. The number of hydrogen-bond donors (Lipinski definition) is 0. The van der Waals surface area contributed by atoms with Gasteiger partial charge in [-0.3, -0.25) is 0 Å². The average Bonchev–Trinajstić information content (AvgIpc) is 2.39. The third kappa shape index (κ3) is 12.8. The van der Waals surface area contributed by atoms with Crippen molar-refractivity contribution in [3.05, 3.63) is 0 Å². The zero-order valence-electron chi connectivity index (χ0n) is 14.3. The average molecular weight is 269 g/mol. The Balaban J connectivity index is 3.48. The van der Waals surface area contributed by atoms with Gasteiger partial charge >= 0.3 is 0 Å². The molecule has 0 radical (unpaired) electrons. The molecule has 0 aromatic rings. The highest BCUT2D eigenvalue weighted by molar-refractivity contribution is 4.64. The van der Waals surface area contributed by atoms with Crippen LogP contribution in [0.5, 0.6) is 0 Å². The first-order valence-corrected chi connectivity index (χ1v) is 9.22. The Morgan fingerprint density at radius 3 is 1.32 bits per heavy atom. The van der Waals surface area contributed by atoms with E-state index in [1.54, 1.807) is 0 Å². The quantitative estimate of drug-likeness (QED) is 0.288. The second kappa shape index (κ2) is 14.4. The summed E-state index contributed by atoms with van der Waals surface area (Å²) in [5.74, 6) is 1.88. The van der Waals surface area contributed by atoms with Crippen LogP contribution in [0.15, 0.2) is 0 Å². The fraction of sp³-hybridized carbons (Fsp3) is 1.00. The molecule has 0 bridgehead atoms. The van der Waals surface area contributed by atoms with Crippen LogP contribution < -0.4 is 0 Å². The largest absolute Gasteiger partial charge is 0.0654 e. The lowest BCUT2D eigenvalue weighted by molar-refractivity contribution is 0.313. The van der Waals surface area contributed by atoms with Crippen LogP contribution in [-0.2, 0) is 0 Å².